The van der Waals surface area contributed by atoms with E-state index in [9.17, 15) is 23.5 Å². The molecule has 15 nitrogen and oxygen atoms in total. The number of phosphoric acid groups is 1. The first-order valence-electron chi connectivity index (χ1n) is 11.4. The minimum absolute atomic E-state index is 0. The Balaban J connectivity index is 0.00000308. The Hall–Kier alpha value is -4.24. The van der Waals surface area contributed by atoms with Crippen LogP contribution in [0.2, 0.25) is 0 Å². The first-order valence-corrected chi connectivity index (χ1v) is 12.9. The van der Waals surface area contributed by atoms with Gasteiger partial charge in [-0.1, -0.05) is 14.9 Å². The van der Waals surface area contributed by atoms with Crippen LogP contribution >= 0.6 is 7.82 Å². The molecule has 0 saturated carbocycles. The van der Waals surface area contributed by atoms with Crippen molar-refractivity contribution < 1.29 is 47.0 Å². The average Bonchev–Trinajstić information content (AvgIpc) is 2.89. The van der Waals surface area contributed by atoms with Gasteiger partial charge in [-0.05, 0) is 26.0 Å². The first-order chi connectivity index (χ1) is 18.8. The number of rotatable bonds is 10. The van der Waals surface area contributed by atoms with E-state index in [1.165, 1.54) is 47.3 Å². The number of phosphoric ester groups is 1. The Kier molecular flexibility index (Phi) is 10.6. The number of nitrogens with zero attached hydrogens (tertiary/aromatic N) is 4. The van der Waals surface area contributed by atoms with Gasteiger partial charge >= 0.3 is 0 Å². The molecule has 4 rings (SSSR count). The highest BCUT2D eigenvalue weighted by Gasteiger charge is 2.42. The van der Waals surface area contributed by atoms with Gasteiger partial charge in [0.2, 0.25) is 11.7 Å². The van der Waals surface area contributed by atoms with Gasteiger partial charge < -0.3 is 48.5 Å². The van der Waals surface area contributed by atoms with E-state index < -0.39 is 31.9 Å². The van der Waals surface area contributed by atoms with Crippen LogP contribution in [0.3, 0.4) is 0 Å². The third-order valence-electron chi connectivity index (χ3n) is 5.48. The number of aromatic nitrogens is 3. The number of fused-ring (bicyclic) bond motifs is 1. The molecule has 230 valence electrons. The van der Waals surface area contributed by atoms with Gasteiger partial charge in [-0.25, -0.2) is 14.4 Å². The van der Waals surface area contributed by atoms with Crippen LogP contribution < -0.4 is 44.3 Å². The summed E-state index contributed by atoms with van der Waals surface area (Å²) in [5.74, 6) is -0.806. The lowest BCUT2D eigenvalue weighted by molar-refractivity contribution is -0.341. The van der Waals surface area contributed by atoms with Gasteiger partial charge in [0.05, 0.1) is 35.3 Å². The molecule has 0 unspecified atom stereocenters. The molecule has 0 aliphatic carbocycles. The van der Waals surface area contributed by atoms with Crippen molar-refractivity contribution in [2.24, 2.45) is 0 Å². The summed E-state index contributed by atoms with van der Waals surface area (Å²) in [6.45, 7) is 1.97. The van der Waals surface area contributed by atoms with E-state index in [-0.39, 0.29) is 44.0 Å². The van der Waals surface area contributed by atoms with Crippen LogP contribution in [0.5, 0.6) is 23.0 Å². The predicted octanol–water partition coefficient (Wildman–Crippen LogP) is 3.10. The van der Waals surface area contributed by atoms with Crippen molar-refractivity contribution in [1.29, 1.82) is 0 Å². The lowest BCUT2D eigenvalue weighted by atomic mass is 10.1. The van der Waals surface area contributed by atoms with Crippen molar-refractivity contribution in [2.75, 3.05) is 43.6 Å². The molecule has 1 aromatic carbocycles. The maximum absolute atomic E-state index is 14.7. The number of nitrogens with one attached hydrogen (secondary N) is 2. The van der Waals surface area contributed by atoms with Crippen LogP contribution in [0.1, 0.15) is 28.7 Å². The summed E-state index contributed by atoms with van der Waals surface area (Å²) in [4.78, 5) is 48.1. The van der Waals surface area contributed by atoms with Gasteiger partial charge in [0, 0.05) is 17.8 Å². The van der Waals surface area contributed by atoms with Crippen molar-refractivity contribution in [2.45, 2.75) is 34.3 Å². The largest absolute Gasteiger partial charge is 0.790 e. The lowest BCUT2D eigenvalue weighted by Crippen LogP contribution is -2.53. The standard InChI is InChI=1S/C23H26FN6O9P.2CH4/c1-23(2)21(31)30(11-38-40(32,33)34)20-14(39-23)6-7-17(28-20)27-19-13(24)10-25-22(29-19)26-12-8-15(35-3)18(37-5)16(9-12)36-4;;/h6-10H,11H2,1-5H3,(H2,32,33,34)(H2,25,26,27,28,29);2*1H4/p-2. The second-order valence-electron chi connectivity index (χ2n) is 8.62. The summed E-state index contributed by atoms with van der Waals surface area (Å²) >= 11 is 0. The van der Waals surface area contributed by atoms with Gasteiger partial charge in [-0.3, -0.25) is 9.69 Å². The van der Waals surface area contributed by atoms with Crippen molar-refractivity contribution in [1.82, 2.24) is 15.0 Å². The van der Waals surface area contributed by atoms with Crippen molar-refractivity contribution in [3.8, 4) is 23.0 Å². The van der Waals surface area contributed by atoms with Crippen LogP contribution in [0.4, 0.5) is 33.5 Å². The Morgan fingerprint density at radius 2 is 1.69 bits per heavy atom. The summed E-state index contributed by atoms with van der Waals surface area (Å²) in [5.41, 5.74) is -0.962. The Morgan fingerprint density at radius 1 is 1.05 bits per heavy atom. The molecule has 0 fully saturated rings. The van der Waals surface area contributed by atoms with Crippen LogP contribution in [-0.4, -0.2) is 54.5 Å². The van der Waals surface area contributed by atoms with Crippen LogP contribution in [0.25, 0.3) is 0 Å². The van der Waals surface area contributed by atoms with Gasteiger partial charge in [0.1, 0.15) is 12.5 Å². The molecule has 0 radical (unpaired) electrons. The second kappa shape index (κ2) is 13.2. The molecule has 0 saturated heterocycles. The summed E-state index contributed by atoms with van der Waals surface area (Å²) in [5, 5.41) is 5.60. The van der Waals surface area contributed by atoms with Crippen LogP contribution in [-0.2, 0) is 13.9 Å². The van der Waals surface area contributed by atoms with Gasteiger partial charge in [0.25, 0.3) is 5.91 Å². The molecule has 0 spiro atoms. The van der Waals surface area contributed by atoms with E-state index in [0.29, 0.717) is 22.9 Å². The summed E-state index contributed by atoms with van der Waals surface area (Å²) in [7, 11) is -1.04. The highest BCUT2D eigenvalue weighted by molar-refractivity contribution is 7.43. The van der Waals surface area contributed by atoms with E-state index in [0.717, 1.165) is 11.1 Å². The summed E-state index contributed by atoms with van der Waals surface area (Å²) < 4.78 is 51.6. The fraction of sp³-hybridized carbons (Fsp3) is 0.360. The van der Waals surface area contributed by atoms with Crippen molar-refractivity contribution in [3.63, 3.8) is 0 Å². The quantitative estimate of drug-likeness (QED) is 0.318. The van der Waals surface area contributed by atoms with E-state index in [2.05, 4.69) is 30.1 Å². The average molecular weight is 611 g/mol. The highest BCUT2D eigenvalue weighted by Crippen LogP contribution is 2.41. The monoisotopic (exact) mass is 610 g/mol. The zero-order valence-electron chi connectivity index (χ0n) is 21.9. The zero-order valence-corrected chi connectivity index (χ0v) is 22.8. The molecular weight excluding hydrogens is 578 g/mol. The number of hydrogen-bond acceptors (Lipinski definition) is 14. The number of benzene rings is 1. The molecule has 3 aromatic rings. The molecule has 0 atom stereocenters. The van der Waals surface area contributed by atoms with Crippen molar-refractivity contribution >= 4 is 42.8 Å². The van der Waals surface area contributed by atoms with Gasteiger partial charge in [-0.15, -0.1) is 0 Å². The number of carbonyl (C=O) groups excluding carboxylic acids is 1. The van der Waals surface area contributed by atoms with E-state index in [4.69, 9.17) is 18.9 Å². The predicted molar refractivity (Wildman–Crippen MR) is 148 cm³/mol. The number of hydrogen-bond donors (Lipinski definition) is 2. The number of carbonyl (C=O) groups is 1. The number of methoxy groups -OCH3 is 3. The Bertz CT molecular complexity index is 1460. The first kappa shape index (κ1) is 34.0. The van der Waals surface area contributed by atoms with Crippen molar-refractivity contribution in [3.05, 3.63) is 36.3 Å². The maximum Gasteiger partial charge on any atom is 0.273 e. The number of anilines is 5. The molecule has 42 heavy (non-hydrogen) atoms. The molecule has 17 heteroatoms. The molecular formula is C25H32FN6O9P-2. The summed E-state index contributed by atoms with van der Waals surface area (Å²) in [6, 6.07) is 6.05. The number of ether oxygens (including phenoxy) is 4. The molecule has 2 N–H and O–H groups in total. The molecule has 1 amide bonds. The Labute approximate surface area is 242 Å². The van der Waals surface area contributed by atoms with E-state index in [1.54, 1.807) is 12.1 Å². The minimum atomic E-state index is -5.41. The van der Waals surface area contributed by atoms with Gasteiger partial charge in [0.15, 0.2) is 40.3 Å². The van der Waals surface area contributed by atoms with Crippen LogP contribution in [0, 0.1) is 5.82 Å². The summed E-state index contributed by atoms with van der Waals surface area (Å²) in [6.07, 6.45) is 0.920. The SMILES string of the molecule is C.C.COc1cc(Nc2ncc(F)c(Nc3ccc4c(n3)N(COP(=O)([O-])[O-])C(=O)C(C)(C)O4)n2)cc(OC)c1OC. The van der Waals surface area contributed by atoms with Crippen LogP contribution in [0.15, 0.2) is 30.5 Å². The molecule has 1 aliphatic rings. The van der Waals surface area contributed by atoms with E-state index in [1.807, 2.05) is 0 Å². The minimum Gasteiger partial charge on any atom is -0.790 e. The fourth-order valence-electron chi connectivity index (χ4n) is 3.68. The third-order valence-corrected chi connectivity index (χ3v) is 5.91. The Morgan fingerprint density at radius 3 is 2.26 bits per heavy atom. The highest BCUT2D eigenvalue weighted by atomic mass is 31.2. The van der Waals surface area contributed by atoms with Gasteiger partial charge in [-0.2, -0.15) is 4.98 Å². The molecule has 3 heterocycles. The number of amides is 1. The fourth-order valence-corrected chi connectivity index (χ4v) is 3.94. The normalized spacial score (nSPS) is 13.5. The van der Waals surface area contributed by atoms with E-state index >= 15 is 0 Å². The topological polar surface area (TPSA) is 192 Å². The molecule has 1 aliphatic heterocycles. The number of halogens is 1. The third kappa shape index (κ3) is 7.33. The maximum atomic E-state index is 14.7. The zero-order chi connectivity index (χ0) is 29.2. The molecule has 2 aromatic heterocycles. The second-order valence-corrected chi connectivity index (χ2v) is 9.78. The number of pyridine rings is 1. The lowest BCUT2D eigenvalue weighted by Gasteiger charge is -2.39. The smallest absolute Gasteiger partial charge is 0.273 e. The molecule has 0 bridgehead atoms.